The molecule has 0 aliphatic carbocycles. The molecule has 2 aliphatic heterocycles. The number of carbonyl (C=O) groups is 2. The molecule has 4 heterocycles. The highest BCUT2D eigenvalue weighted by molar-refractivity contribution is 6.30. The minimum atomic E-state index is -1.10. The van der Waals surface area contributed by atoms with Gasteiger partial charge in [-0.05, 0) is 73.2 Å². The Balaban J connectivity index is 0.000000251. The van der Waals surface area contributed by atoms with E-state index in [0.717, 1.165) is 23.3 Å². The van der Waals surface area contributed by atoms with Crippen molar-refractivity contribution >= 4 is 47.5 Å². The van der Waals surface area contributed by atoms with Crippen molar-refractivity contribution in [1.29, 1.82) is 0 Å². The fourth-order valence-corrected chi connectivity index (χ4v) is 5.56. The van der Waals surface area contributed by atoms with Crippen LogP contribution in [0.2, 0.25) is 10.3 Å². The van der Waals surface area contributed by atoms with E-state index < -0.39 is 41.4 Å². The van der Waals surface area contributed by atoms with Crippen LogP contribution < -0.4 is 15.0 Å². The molecule has 0 spiro atoms. The van der Waals surface area contributed by atoms with Gasteiger partial charge in [-0.15, -0.1) is 12.4 Å². The van der Waals surface area contributed by atoms with Crippen LogP contribution in [0, 0.1) is 23.3 Å². The van der Waals surface area contributed by atoms with E-state index >= 15 is 0 Å². The molecule has 0 radical (unpaired) electrons. The molecule has 2 N–H and O–H groups in total. The van der Waals surface area contributed by atoms with Gasteiger partial charge in [-0.1, -0.05) is 23.2 Å². The maximum absolute atomic E-state index is 14.2. The van der Waals surface area contributed by atoms with E-state index in [2.05, 4.69) is 20.3 Å². The van der Waals surface area contributed by atoms with E-state index in [4.69, 9.17) is 42.6 Å². The maximum atomic E-state index is 14.2. The lowest BCUT2D eigenvalue weighted by molar-refractivity contribution is -0.177. The van der Waals surface area contributed by atoms with Crippen LogP contribution in [0.4, 0.5) is 17.6 Å². The molecule has 18 heteroatoms. The number of hydrogen-bond donors (Lipinski definition) is 2. The average molecular weight is 792 g/mol. The monoisotopic (exact) mass is 790 g/mol. The Morgan fingerprint density at radius 1 is 0.808 bits per heavy atom. The van der Waals surface area contributed by atoms with Gasteiger partial charge in [-0.25, -0.2) is 42.9 Å². The van der Waals surface area contributed by atoms with Gasteiger partial charge in [0, 0.05) is 48.5 Å². The summed E-state index contributed by atoms with van der Waals surface area (Å²) >= 11 is 11.9. The van der Waals surface area contributed by atoms with Crippen molar-refractivity contribution in [3.8, 4) is 34.0 Å². The first-order valence-electron chi connectivity index (χ1n) is 15.1. The molecule has 280 valence electrons. The number of halogens is 7. The Labute approximate surface area is 312 Å². The van der Waals surface area contributed by atoms with Crippen LogP contribution >= 0.6 is 35.6 Å². The molecule has 11 nitrogen and oxygen atoms in total. The van der Waals surface area contributed by atoms with E-state index in [1.807, 2.05) is 0 Å². The van der Waals surface area contributed by atoms with Gasteiger partial charge in [0.15, 0.2) is 12.2 Å². The van der Waals surface area contributed by atoms with Gasteiger partial charge in [0.1, 0.15) is 33.6 Å². The lowest BCUT2D eigenvalue weighted by atomic mass is 9.94. The van der Waals surface area contributed by atoms with Gasteiger partial charge in [-0.2, -0.15) is 0 Å². The van der Waals surface area contributed by atoms with Crippen molar-refractivity contribution < 1.29 is 51.4 Å². The second-order valence-corrected chi connectivity index (χ2v) is 11.6. The van der Waals surface area contributed by atoms with Gasteiger partial charge in [0.05, 0.1) is 14.2 Å². The Kier molecular flexibility index (Phi) is 15.4. The lowest BCUT2D eigenvalue weighted by Crippen LogP contribution is -2.41. The van der Waals surface area contributed by atoms with Gasteiger partial charge >= 0.3 is 5.97 Å². The first kappa shape index (κ1) is 42.2. The van der Waals surface area contributed by atoms with Gasteiger partial charge in [0.25, 0.3) is 5.91 Å². The molecule has 0 fully saturated rings. The molecule has 2 aliphatic rings. The standard InChI is InChI=1S/C17H15ClF2N2O3.C15H10ClF2NO3.C2H7NO.ClH/c1-22(24-2)17(23)14-6-5-11-12(8-15(18)21-16(11)25-14)10-4-3-9(19)7-13(10)20;16-13-6-10(8-2-1-7(17)5-11(8)18)9-3-4-12(15(20)21)22-14(9)19-13;1-3-4-2;/h3-4,7-8,14H,5-6H2,1-2H3;1-2,5-6,12H,3-4H2,(H,20,21);3H,1-2H3;1H. The molecule has 0 saturated carbocycles. The second kappa shape index (κ2) is 19.0. The number of rotatable bonds is 6. The van der Waals surface area contributed by atoms with Gasteiger partial charge in [-0.3, -0.25) is 9.63 Å². The number of carbonyl (C=O) groups excluding carboxylic acids is 1. The van der Waals surface area contributed by atoms with Crippen molar-refractivity contribution in [2.24, 2.45) is 0 Å². The van der Waals surface area contributed by atoms with E-state index in [9.17, 15) is 27.2 Å². The third-order valence-corrected chi connectivity index (χ3v) is 8.10. The van der Waals surface area contributed by atoms with Crippen LogP contribution in [0.25, 0.3) is 22.3 Å². The molecule has 52 heavy (non-hydrogen) atoms. The fourth-order valence-electron chi connectivity index (χ4n) is 5.19. The number of hydrogen-bond acceptors (Lipinski definition) is 9. The number of aliphatic carboxylic acids is 1. The molecular formula is C34H33Cl3F4N4O7. The highest BCUT2D eigenvalue weighted by atomic mass is 35.5. The molecule has 0 saturated heterocycles. The van der Waals surface area contributed by atoms with Crippen molar-refractivity contribution in [3.63, 3.8) is 0 Å². The zero-order valence-corrected chi connectivity index (χ0v) is 30.3. The number of nitrogens with zero attached hydrogens (tertiary/aromatic N) is 3. The summed E-state index contributed by atoms with van der Waals surface area (Å²) in [7, 11) is 6.13. The Bertz CT molecular complexity index is 1910. The molecule has 1 amide bonds. The number of hydroxylamine groups is 3. The zero-order chi connectivity index (χ0) is 37.4. The number of amides is 1. The highest BCUT2D eigenvalue weighted by Gasteiger charge is 2.32. The normalized spacial score (nSPS) is 15.4. The number of pyridine rings is 2. The average Bonchev–Trinajstić information content (AvgIpc) is 3.10. The van der Waals surface area contributed by atoms with Crippen molar-refractivity contribution in [1.82, 2.24) is 20.5 Å². The number of likely N-dealkylation sites (N-methyl/N-ethyl adjacent to an activating group) is 1. The number of aromatic nitrogens is 2. The number of nitrogens with one attached hydrogen (secondary N) is 1. The Hall–Kier alpha value is -4.25. The minimum Gasteiger partial charge on any atom is -0.479 e. The third-order valence-electron chi connectivity index (χ3n) is 7.71. The van der Waals surface area contributed by atoms with Crippen molar-refractivity contribution in [2.45, 2.75) is 37.9 Å². The van der Waals surface area contributed by atoms with Crippen molar-refractivity contribution in [2.75, 3.05) is 28.3 Å². The van der Waals surface area contributed by atoms with Crippen LogP contribution in [0.5, 0.6) is 11.8 Å². The largest absolute Gasteiger partial charge is 0.479 e. The van der Waals surface area contributed by atoms with Gasteiger partial charge < -0.3 is 19.4 Å². The number of benzene rings is 2. The zero-order valence-electron chi connectivity index (χ0n) is 28.0. The Morgan fingerprint density at radius 3 is 1.62 bits per heavy atom. The summed E-state index contributed by atoms with van der Waals surface area (Å²) in [5.41, 5.74) is 4.88. The predicted molar refractivity (Wildman–Crippen MR) is 185 cm³/mol. The van der Waals surface area contributed by atoms with Crippen LogP contribution in [0.1, 0.15) is 24.0 Å². The predicted octanol–water partition coefficient (Wildman–Crippen LogP) is 7.04. The molecular weight excluding hydrogens is 759 g/mol. The molecule has 2 atom stereocenters. The first-order chi connectivity index (χ1) is 24.3. The smallest absolute Gasteiger partial charge is 0.344 e. The summed E-state index contributed by atoms with van der Waals surface area (Å²) in [5.74, 6) is -4.00. The summed E-state index contributed by atoms with van der Waals surface area (Å²) in [4.78, 5) is 40.4. The van der Waals surface area contributed by atoms with E-state index in [-0.39, 0.29) is 57.9 Å². The maximum Gasteiger partial charge on any atom is 0.344 e. The van der Waals surface area contributed by atoms with Crippen LogP contribution in [-0.2, 0) is 32.1 Å². The third kappa shape index (κ3) is 10.2. The minimum absolute atomic E-state index is 0. The summed E-state index contributed by atoms with van der Waals surface area (Å²) in [6.07, 6.45) is -0.388. The SMILES string of the molecule is CNOC.CON(C)C(=O)C1CCc2c(-c3ccc(F)cc3F)cc(Cl)nc2O1.Cl.O=C(O)C1CCc2c(-c3ccc(F)cc3F)cc(Cl)nc2O1. The van der Waals surface area contributed by atoms with Crippen LogP contribution in [0.3, 0.4) is 0 Å². The summed E-state index contributed by atoms with van der Waals surface area (Å²) < 4.78 is 65.4. The van der Waals surface area contributed by atoms with Gasteiger partial charge in [0.2, 0.25) is 11.8 Å². The molecule has 2 aromatic heterocycles. The highest BCUT2D eigenvalue weighted by Crippen LogP contribution is 2.39. The molecule has 2 unspecified atom stereocenters. The molecule has 6 rings (SSSR count). The molecule has 2 aromatic carbocycles. The number of fused-ring (bicyclic) bond motifs is 2. The van der Waals surface area contributed by atoms with E-state index in [1.165, 1.54) is 44.5 Å². The summed E-state index contributed by atoms with van der Waals surface area (Å²) in [6.45, 7) is 0. The topological polar surface area (TPSA) is 132 Å². The lowest BCUT2D eigenvalue weighted by Gasteiger charge is -2.28. The van der Waals surface area contributed by atoms with Crippen molar-refractivity contribution in [3.05, 3.63) is 93.2 Å². The summed E-state index contributed by atoms with van der Waals surface area (Å²) in [6, 6.07) is 9.50. The number of carboxylic acid groups (broad SMARTS) is 1. The number of ether oxygens (including phenoxy) is 2. The molecule has 0 bridgehead atoms. The first-order valence-corrected chi connectivity index (χ1v) is 15.9. The Morgan fingerprint density at radius 2 is 1.23 bits per heavy atom. The second-order valence-electron chi connectivity index (χ2n) is 10.9. The summed E-state index contributed by atoms with van der Waals surface area (Å²) in [5, 5.41) is 10.2. The van der Waals surface area contributed by atoms with E-state index in [1.54, 1.807) is 14.2 Å². The quantitative estimate of drug-likeness (QED) is 0.119. The van der Waals surface area contributed by atoms with E-state index in [0.29, 0.717) is 41.5 Å². The molecule has 4 aromatic rings. The van der Waals surface area contributed by atoms with Crippen LogP contribution in [-0.4, -0.2) is 72.5 Å². The number of carboxylic acids is 1. The van der Waals surface area contributed by atoms with Crippen LogP contribution in [0.15, 0.2) is 48.5 Å². The fraction of sp³-hybridized carbons (Fsp3) is 0.294.